The molecule has 1 aromatic heterocycles. The SMILES string of the molecule is CCCn1ncnc1CC(O)C1CCOC1C. The predicted octanol–water partition coefficient (Wildman–Crippen LogP) is 1.02. The Kier molecular flexibility index (Phi) is 4.12. The fraction of sp³-hybridized carbons (Fsp3) is 0.833. The molecule has 2 rings (SSSR count). The van der Waals surface area contributed by atoms with Crippen molar-refractivity contribution in [3.05, 3.63) is 12.2 Å². The van der Waals surface area contributed by atoms with Crippen molar-refractivity contribution in [2.45, 2.75) is 51.9 Å². The molecule has 5 nitrogen and oxygen atoms in total. The molecule has 0 radical (unpaired) electrons. The smallest absolute Gasteiger partial charge is 0.138 e. The van der Waals surface area contributed by atoms with E-state index in [4.69, 9.17) is 4.74 Å². The van der Waals surface area contributed by atoms with Gasteiger partial charge in [0, 0.05) is 25.5 Å². The van der Waals surface area contributed by atoms with E-state index in [1.165, 1.54) is 0 Å². The lowest BCUT2D eigenvalue weighted by atomic mass is 9.93. The first-order chi connectivity index (χ1) is 8.22. The quantitative estimate of drug-likeness (QED) is 0.833. The van der Waals surface area contributed by atoms with Crippen LogP contribution in [0.15, 0.2) is 6.33 Å². The molecule has 1 fully saturated rings. The van der Waals surface area contributed by atoms with Gasteiger partial charge < -0.3 is 9.84 Å². The summed E-state index contributed by atoms with van der Waals surface area (Å²) in [7, 11) is 0. The van der Waals surface area contributed by atoms with Gasteiger partial charge in [-0.3, -0.25) is 4.68 Å². The van der Waals surface area contributed by atoms with Gasteiger partial charge in [-0.25, -0.2) is 4.98 Å². The molecule has 96 valence electrons. The first-order valence-electron chi connectivity index (χ1n) is 6.38. The highest BCUT2D eigenvalue weighted by molar-refractivity contribution is 4.91. The van der Waals surface area contributed by atoms with Gasteiger partial charge in [-0.1, -0.05) is 6.92 Å². The van der Waals surface area contributed by atoms with E-state index in [-0.39, 0.29) is 18.1 Å². The molecule has 0 amide bonds. The second-order valence-corrected chi connectivity index (χ2v) is 4.70. The van der Waals surface area contributed by atoms with Gasteiger partial charge in [0.1, 0.15) is 12.2 Å². The number of rotatable bonds is 5. The van der Waals surface area contributed by atoms with E-state index in [9.17, 15) is 5.11 Å². The van der Waals surface area contributed by atoms with Crippen molar-refractivity contribution >= 4 is 0 Å². The molecule has 1 saturated heterocycles. The zero-order valence-electron chi connectivity index (χ0n) is 10.5. The van der Waals surface area contributed by atoms with E-state index in [0.29, 0.717) is 6.42 Å². The lowest BCUT2D eigenvalue weighted by Gasteiger charge is -2.20. The maximum atomic E-state index is 10.2. The number of aryl methyl sites for hydroxylation is 1. The predicted molar refractivity (Wildman–Crippen MR) is 63.5 cm³/mol. The van der Waals surface area contributed by atoms with E-state index < -0.39 is 0 Å². The van der Waals surface area contributed by atoms with Crippen LogP contribution in [0, 0.1) is 5.92 Å². The first kappa shape index (κ1) is 12.5. The van der Waals surface area contributed by atoms with Gasteiger partial charge in [-0.15, -0.1) is 0 Å². The molecule has 0 aromatic carbocycles. The maximum Gasteiger partial charge on any atom is 0.138 e. The van der Waals surface area contributed by atoms with Crippen molar-refractivity contribution in [3.8, 4) is 0 Å². The molecule has 0 aliphatic carbocycles. The topological polar surface area (TPSA) is 60.2 Å². The van der Waals surface area contributed by atoms with Crippen LogP contribution in [-0.2, 0) is 17.7 Å². The minimum absolute atomic E-state index is 0.146. The molecule has 1 aliphatic heterocycles. The average Bonchev–Trinajstić information content (AvgIpc) is 2.89. The highest BCUT2D eigenvalue weighted by atomic mass is 16.5. The van der Waals surface area contributed by atoms with Gasteiger partial charge in [-0.05, 0) is 19.8 Å². The molecule has 0 spiro atoms. The normalized spacial score (nSPS) is 26.3. The molecular formula is C12H21N3O2. The van der Waals surface area contributed by atoms with Crippen molar-refractivity contribution in [3.63, 3.8) is 0 Å². The third-order valence-corrected chi connectivity index (χ3v) is 3.45. The van der Waals surface area contributed by atoms with Crippen LogP contribution in [0.4, 0.5) is 0 Å². The van der Waals surface area contributed by atoms with Gasteiger partial charge in [0.15, 0.2) is 0 Å². The van der Waals surface area contributed by atoms with Crippen LogP contribution in [0.3, 0.4) is 0 Å². The summed E-state index contributed by atoms with van der Waals surface area (Å²) in [5.74, 6) is 1.10. The Morgan fingerprint density at radius 3 is 3.12 bits per heavy atom. The Morgan fingerprint density at radius 1 is 1.65 bits per heavy atom. The second-order valence-electron chi connectivity index (χ2n) is 4.70. The molecule has 1 aliphatic rings. The zero-order chi connectivity index (χ0) is 12.3. The van der Waals surface area contributed by atoms with Crippen LogP contribution in [0.2, 0.25) is 0 Å². The van der Waals surface area contributed by atoms with Gasteiger partial charge in [0.05, 0.1) is 12.2 Å². The van der Waals surface area contributed by atoms with E-state index in [0.717, 1.165) is 31.8 Å². The Balaban J connectivity index is 1.97. The summed E-state index contributed by atoms with van der Waals surface area (Å²) >= 11 is 0. The van der Waals surface area contributed by atoms with E-state index in [1.54, 1.807) is 6.33 Å². The summed E-state index contributed by atoms with van der Waals surface area (Å²) < 4.78 is 7.36. The average molecular weight is 239 g/mol. The standard InChI is InChI=1S/C12H21N3O2/c1-3-5-15-12(13-8-14-15)7-11(16)10-4-6-17-9(10)2/h8-11,16H,3-7H2,1-2H3. The minimum atomic E-state index is -0.382. The number of aliphatic hydroxyl groups excluding tert-OH is 1. The molecule has 0 bridgehead atoms. The summed E-state index contributed by atoms with van der Waals surface area (Å²) in [5, 5.41) is 14.4. The number of hydrogen-bond donors (Lipinski definition) is 1. The van der Waals surface area contributed by atoms with Crippen LogP contribution >= 0.6 is 0 Å². The van der Waals surface area contributed by atoms with E-state index in [2.05, 4.69) is 17.0 Å². The molecule has 1 aromatic rings. The molecular weight excluding hydrogens is 218 g/mol. The summed E-state index contributed by atoms with van der Waals surface area (Å²) in [4.78, 5) is 4.22. The Labute approximate surface area is 102 Å². The van der Waals surface area contributed by atoms with Crippen LogP contribution in [-0.4, -0.2) is 38.7 Å². The van der Waals surface area contributed by atoms with Crippen LogP contribution in [0.1, 0.15) is 32.5 Å². The molecule has 0 saturated carbocycles. The van der Waals surface area contributed by atoms with Crippen LogP contribution in [0.25, 0.3) is 0 Å². The summed E-state index contributed by atoms with van der Waals surface area (Å²) in [6.45, 7) is 5.75. The van der Waals surface area contributed by atoms with Gasteiger partial charge in [-0.2, -0.15) is 5.10 Å². The second kappa shape index (κ2) is 5.60. The molecule has 17 heavy (non-hydrogen) atoms. The monoisotopic (exact) mass is 239 g/mol. The van der Waals surface area contributed by atoms with Crippen LogP contribution < -0.4 is 0 Å². The summed E-state index contributed by atoms with van der Waals surface area (Å²) in [5.41, 5.74) is 0. The van der Waals surface area contributed by atoms with Crippen molar-refractivity contribution < 1.29 is 9.84 Å². The van der Waals surface area contributed by atoms with Crippen molar-refractivity contribution in [2.24, 2.45) is 5.92 Å². The lowest BCUT2D eigenvalue weighted by molar-refractivity contribution is 0.0426. The van der Waals surface area contributed by atoms with Crippen molar-refractivity contribution in [2.75, 3.05) is 6.61 Å². The molecule has 5 heteroatoms. The van der Waals surface area contributed by atoms with E-state index in [1.807, 2.05) is 11.6 Å². The Hall–Kier alpha value is -0.940. The Morgan fingerprint density at radius 2 is 2.47 bits per heavy atom. The Bertz CT molecular complexity index is 353. The highest BCUT2D eigenvalue weighted by Gasteiger charge is 2.31. The number of nitrogens with zero attached hydrogens (tertiary/aromatic N) is 3. The number of aliphatic hydroxyl groups is 1. The maximum absolute atomic E-state index is 10.2. The number of aromatic nitrogens is 3. The first-order valence-corrected chi connectivity index (χ1v) is 6.38. The summed E-state index contributed by atoms with van der Waals surface area (Å²) in [6, 6.07) is 0. The molecule has 3 atom stereocenters. The summed E-state index contributed by atoms with van der Waals surface area (Å²) in [6.07, 6.45) is 3.85. The number of ether oxygens (including phenoxy) is 1. The van der Waals surface area contributed by atoms with Crippen molar-refractivity contribution in [1.29, 1.82) is 0 Å². The molecule has 1 N–H and O–H groups in total. The number of hydrogen-bond acceptors (Lipinski definition) is 4. The third kappa shape index (κ3) is 2.84. The fourth-order valence-corrected chi connectivity index (χ4v) is 2.44. The molecule has 2 heterocycles. The molecule has 3 unspecified atom stereocenters. The lowest BCUT2D eigenvalue weighted by Crippen LogP contribution is -2.29. The van der Waals surface area contributed by atoms with Crippen molar-refractivity contribution in [1.82, 2.24) is 14.8 Å². The highest BCUT2D eigenvalue weighted by Crippen LogP contribution is 2.25. The van der Waals surface area contributed by atoms with Gasteiger partial charge >= 0.3 is 0 Å². The van der Waals surface area contributed by atoms with E-state index >= 15 is 0 Å². The largest absolute Gasteiger partial charge is 0.392 e. The van der Waals surface area contributed by atoms with Crippen LogP contribution in [0.5, 0.6) is 0 Å². The third-order valence-electron chi connectivity index (χ3n) is 3.45. The van der Waals surface area contributed by atoms with Gasteiger partial charge in [0.25, 0.3) is 0 Å². The fourth-order valence-electron chi connectivity index (χ4n) is 2.44. The van der Waals surface area contributed by atoms with Gasteiger partial charge in [0.2, 0.25) is 0 Å². The zero-order valence-corrected chi connectivity index (χ0v) is 10.5. The minimum Gasteiger partial charge on any atom is -0.392 e.